The number of hydrazone groups is 1. The van der Waals surface area contributed by atoms with E-state index in [1.807, 2.05) is 30.3 Å². The molecule has 0 spiro atoms. The molecule has 0 unspecified atom stereocenters. The maximum Gasteiger partial charge on any atom is 0.272 e. The van der Waals surface area contributed by atoms with E-state index in [1.165, 1.54) is 5.01 Å². The third-order valence-corrected chi connectivity index (χ3v) is 3.00. The predicted molar refractivity (Wildman–Crippen MR) is 68.9 cm³/mol. The van der Waals surface area contributed by atoms with E-state index in [9.17, 15) is 4.79 Å². The van der Waals surface area contributed by atoms with Gasteiger partial charge in [0.2, 0.25) is 0 Å². The second kappa shape index (κ2) is 3.81. The highest BCUT2D eigenvalue weighted by Gasteiger charge is 2.40. The first-order valence-electron chi connectivity index (χ1n) is 5.26. The summed E-state index contributed by atoms with van der Waals surface area (Å²) in [5, 5.41) is 12.0. The molecule has 2 aliphatic heterocycles. The fraction of sp³-hybridized carbons (Fsp3) is 0.182. The average molecular weight is 246 g/mol. The van der Waals surface area contributed by atoms with Crippen LogP contribution in [0.3, 0.4) is 0 Å². The number of anilines is 1. The predicted octanol–water partition coefficient (Wildman–Crippen LogP) is 0.234. The molecule has 1 aromatic rings. The van der Waals surface area contributed by atoms with Gasteiger partial charge in [0.15, 0.2) is 5.11 Å². The lowest BCUT2D eigenvalue weighted by molar-refractivity contribution is -0.120. The fourth-order valence-corrected chi connectivity index (χ4v) is 2.20. The highest BCUT2D eigenvalue weighted by Crippen LogP contribution is 2.19. The number of para-hydroxylation sites is 1. The standard InChI is InChI=1S/C11H10N4OS/c16-10-9-8(13-11(17)14-9)6-12-15(10)7-4-2-1-3-5-7/h1-6,8-9H,(H2,13,14,17)/t8-,9-/m1/s1. The molecule has 2 heterocycles. The van der Waals surface area contributed by atoms with Crippen LogP contribution in [0.5, 0.6) is 0 Å². The first-order chi connectivity index (χ1) is 8.25. The summed E-state index contributed by atoms with van der Waals surface area (Å²) in [6, 6.07) is 8.82. The summed E-state index contributed by atoms with van der Waals surface area (Å²) < 4.78 is 0. The molecule has 6 heteroatoms. The molecule has 0 radical (unpaired) electrons. The first-order valence-corrected chi connectivity index (χ1v) is 5.67. The Kier molecular flexibility index (Phi) is 2.29. The molecule has 0 aromatic heterocycles. The zero-order chi connectivity index (χ0) is 11.8. The number of nitrogens with zero attached hydrogens (tertiary/aromatic N) is 2. The van der Waals surface area contributed by atoms with E-state index in [1.54, 1.807) is 6.21 Å². The van der Waals surface area contributed by atoms with E-state index in [2.05, 4.69) is 15.7 Å². The monoisotopic (exact) mass is 246 g/mol. The Bertz CT molecular complexity index is 501. The summed E-state index contributed by atoms with van der Waals surface area (Å²) in [6.07, 6.45) is 1.70. The molecule has 17 heavy (non-hydrogen) atoms. The normalized spacial score (nSPS) is 26.5. The van der Waals surface area contributed by atoms with Crippen LogP contribution in [0.2, 0.25) is 0 Å². The molecule has 5 nitrogen and oxygen atoms in total. The number of thiocarbonyl (C=S) groups is 1. The fourth-order valence-electron chi connectivity index (χ4n) is 1.94. The summed E-state index contributed by atoms with van der Waals surface area (Å²) in [7, 11) is 0. The summed E-state index contributed by atoms with van der Waals surface area (Å²) in [5.41, 5.74) is 0.756. The Morgan fingerprint density at radius 3 is 2.76 bits per heavy atom. The molecule has 1 amide bonds. The van der Waals surface area contributed by atoms with Crippen molar-refractivity contribution in [3.63, 3.8) is 0 Å². The van der Waals surface area contributed by atoms with Crippen LogP contribution in [0.1, 0.15) is 0 Å². The third kappa shape index (κ3) is 1.66. The van der Waals surface area contributed by atoms with E-state index in [4.69, 9.17) is 12.2 Å². The highest BCUT2D eigenvalue weighted by molar-refractivity contribution is 7.80. The van der Waals surface area contributed by atoms with Gasteiger partial charge >= 0.3 is 0 Å². The van der Waals surface area contributed by atoms with Crippen LogP contribution < -0.4 is 15.6 Å². The molecule has 2 N–H and O–H groups in total. The number of rotatable bonds is 1. The van der Waals surface area contributed by atoms with Crippen molar-refractivity contribution in [2.45, 2.75) is 12.1 Å². The van der Waals surface area contributed by atoms with E-state index >= 15 is 0 Å². The van der Waals surface area contributed by atoms with Crippen molar-refractivity contribution >= 4 is 35.1 Å². The van der Waals surface area contributed by atoms with E-state index in [-0.39, 0.29) is 18.0 Å². The van der Waals surface area contributed by atoms with Crippen molar-refractivity contribution in [3.8, 4) is 0 Å². The average Bonchev–Trinajstić information content (AvgIpc) is 2.72. The number of carbonyl (C=O) groups excluding carboxylic acids is 1. The molecule has 2 atom stereocenters. The number of benzene rings is 1. The number of hydrogen-bond acceptors (Lipinski definition) is 3. The van der Waals surface area contributed by atoms with Crippen LogP contribution >= 0.6 is 12.2 Å². The van der Waals surface area contributed by atoms with E-state index in [0.29, 0.717) is 5.11 Å². The number of nitrogens with one attached hydrogen (secondary N) is 2. The lowest BCUT2D eigenvalue weighted by atomic mass is 10.1. The number of fused-ring (bicyclic) bond motifs is 1. The Morgan fingerprint density at radius 2 is 2.00 bits per heavy atom. The Morgan fingerprint density at radius 1 is 1.24 bits per heavy atom. The molecule has 1 fully saturated rings. The molecule has 0 bridgehead atoms. The van der Waals surface area contributed by atoms with Gasteiger partial charge in [-0.3, -0.25) is 4.79 Å². The number of carbonyl (C=O) groups is 1. The van der Waals surface area contributed by atoms with Gasteiger partial charge in [-0.05, 0) is 24.4 Å². The summed E-state index contributed by atoms with van der Waals surface area (Å²) >= 11 is 4.99. The van der Waals surface area contributed by atoms with Gasteiger partial charge < -0.3 is 10.6 Å². The van der Waals surface area contributed by atoms with Crippen LogP contribution in [0.15, 0.2) is 35.4 Å². The second-order valence-electron chi connectivity index (χ2n) is 3.87. The summed E-state index contributed by atoms with van der Waals surface area (Å²) in [5.74, 6) is -0.101. The lowest BCUT2D eigenvalue weighted by Crippen LogP contribution is -2.52. The van der Waals surface area contributed by atoms with Crippen molar-refractivity contribution in [3.05, 3.63) is 30.3 Å². The van der Waals surface area contributed by atoms with Crippen molar-refractivity contribution in [1.29, 1.82) is 0 Å². The third-order valence-electron chi connectivity index (χ3n) is 2.76. The SMILES string of the molecule is O=C1[C@@H]2NC(=S)N[C@@H]2C=NN1c1ccccc1. The van der Waals surface area contributed by atoms with Gasteiger partial charge in [0.25, 0.3) is 5.91 Å². The molecular weight excluding hydrogens is 236 g/mol. The molecular formula is C11H10N4OS. The minimum absolute atomic E-state index is 0.101. The van der Waals surface area contributed by atoms with Crippen LogP contribution in [-0.2, 0) is 4.79 Å². The zero-order valence-corrected chi connectivity index (χ0v) is 9.65. The van der Waals surface area contributed by atoms with Gasteiger partial charge in [0, 0.05) is 0 Å². The van der Waals surface area contributed by atoms with Crippen molar-refractivity contribution in [1.82, 2.24) is 10.6 Å². The van der Waals surface area contributed by atoms with Gasteiger partial charge in [0.05, 0.1) is 17.9 Å². The van der Waals surface area contributed by atoms with Crippen molar-refractivity contribution in [2.75, 3.05) is 5.01 Å². The Labute approximate surface area is 103 Å². The topological polar surface area (TPSA) is 56.7 Å². The Balaban J connectivity index is 1.93. The number of amides is 1. The molecule has 3 rings (SSSR count). The minimum Gasteiger partial charge on any atom is -0.352 e. The smallest absolute Gasteiger partial charge is 0.272 e. The maximum atomic E-state index is 12.2. The molecule has 0 saturated carbocycles. The number of hydrogen-bond donors (Lipinski definition) is 2. The maximum absolute atomic E-state index is 12.2. The van der Waals surface area contributed by atoms with E-state index in [0.717, 1.165) is 5.69 Å². The molecule has 2 aliphatic rings. The molecule has 0 aliphatic carbocycles. The van der Waals surface area contributed by atoms with Gasteiger partial charge in [-0.1, -0.05) is 18.2 Å². The minimum atomic E-state index is -0.361. The zero-order valence-electron chi connectivity index (χ0n) is 8.83. The van der Waals surface area contributed by atoms with Crippen molar-refractivity contribution in [2.24, 2.45) is 5.10 Å². The molecule has 1 saturated heterocycles. The highest BCUT2D eigenvalue weighted by atomic mass is 32.1. The van der Waals surface area contributed by atoms with Crippen LogP contribution in [0, 0.1) is 0 Å². The quantitative estimate of drug-likeness (QED) is 0.697. The second-order valence-corrected chi connectivity index (χ2v) is 4.28. The largest absolute Gasteiger partial charge is 0.352 e. The van der Waals surface area contributed by atoms with Crippen LogP contribution in [0.4, 0.5) is 5.69 Å². The Hall–Kier alpha value is -1.95. The molecule has 1 aromatic carbocycles. The van der Waals surface area contributed by atoms with Crippen LogP contribution in [0.25, 0.3) is 0 Å². The molecule has 86 valence electrons. The summed E-state index contributed by atoms with van der Waals surface area (Å²) in [6.45, 7) is 0. The van der Waals surface area contributed by atoms with Crippen LogP contribution in [-0.4, -0.2) is 29.3 Å². The lowest BCUT2D eigenvalue weighted by Gasteiger charge is -2.26. The van der Waals surface area contributed by atoms with Gasteiger partial charge in [-0.2, -0.15) is 10.1 Å². The summed E-state index contributed by atoms with van der Waals surface area (Å²) in [4.78, 5) is 12.2. The van der Waals surface area contributed by atoms with E-state index < -0.39 is 0 Å². The van der Waals surface area contributed by atoms with Gasteiger partial charge in [0.1, 0.15) is 6.04 Å². The van der Waals surface area contributed by atoms with Gasteiger partial charge in [-0.15, -0.1) is 0 Å². The van der Waals surface area contributed by atoms with Crippen molar-refractivity contribution < 1.29 is 4.79 Å². The first kappa shape index (κ1) is 10.2. The van der Waals surface area contributed by atoms with Gasteiger partial charge in [-0.25, -0.2) is 0 Å².